The van der Waals surface area contributed by atoms with Gasteiger partial charge in [0.1, 0.15) is 17.3 Å². The maximum atomic E-state index is 13.2. The minimum atomic E-state index is -0.325. The summed E-state index contributed by atoms with van der Waals surface area (Å²) in [4.78, 5) is 12.4. The zero-order valence-corrected chi connectivity index (χ0v) is 14.0. The number of halogens is 1. The van der Waals surface area contributed by atoms with Gasteiger partial charge in [-0.2, -0.15) is 5.10 Å². The number of aryl methyl sites for hydroxylation is 1. The van der Waals surface area contributed by atoms with Crippen LogP contribution in [-0.4, -0.2) is 22.8 Å². The van der Waals surface area contributed by atoms with Crippen LogP contribution in [0.25, 0.3) is 11.3 Å². The highest BCUT2D eigenvalue weighted by molar-refractivity contribution is 5.93. The van der Waals surface area contributed by atoms with E-state index in [2.05, 4.69) is 10.4 Å². The summed E-state index contributed by atoms with van der Waals surface area (Å²) in [5.74, 6) is 0.167. The second kappa shape index (κ2) is 7.17. The molecule has 1 aromatic heterocycles. The third-order valence-electron chi connectivity index (χ3n) is 3.84. The van der Waals surface area contributed by atoms with Crippen molar-refractivity contribution in [2.24, 2.45) is 7.05 Å². The Morgan fingerprint density at radius 1 is 1.20 bits per heavy atom. The fraction of sp³-hybridized carbons (Fsp3) is 0.158. The standard InChI is InChI=1S/C19H18FN3O2/c1-23-18(19(24)21-12-13-4-3-5-15(20)10-13)11-17(22-23)14-6-8-16(25-2)9-7-14/h3-11H,12H2,1-2H3,(H,21,24). The SMILES string of the molecule is COc1ccc(-c2cc(C(=O)NCc3cccc(F)c3)n(C)n2)cc1. The lowest BCUT2D eigenvalue weighted by Crippen LogP contribution is -2.25. The molecule has 0 aliphatic heterocycles. The Kier molecular flexibility index (Phi) is 4.79. The summed E-state index contributed by atoms with van der Waals surface area (Å²) >= 11 is 0. The summed E-state index contributed by atoms with van der Waals surface area (Å²) in [6.07, 6.45) is 0. The number of methoxy groups -OCH3 is 1. The minimum Gasteiger partial charge on any atom is -0.497 e. The first-order chi connectivity index (χ1) is 12.1. The first-order valence-electron chi connectivity index (χ1n) is 7.78. The monoisotopic (exact) mass is 339 g/mol. The summed E-state index contributed by atoms with van der Waals surface area (Å²) in [6.45, 7) is 0.250. The number of ether oxygens (including phenoxy) is 1. The van der Waals surface area contributed by atoms with Crippen LogP contribution in [0, 0.1) is 5.82 Å². The van der Waals surface area contributed by atoms with Crippen LogP contribution in [0.1, 0.15) is 16.1 Å². The summed E-state index contributed by atoms with van der Waals surface area (Å²) in [7, 11) is 3.32. The van der Waals surface area contributed by atoms with Crippen molar-refractivity contribution in [3.8, 4) is 17.0 Å². The van der Waals surface area contributed by atoms with E-state index in [1.807, 2.05) is 24.3 Å². The van der Waals surface area contributed by atoms with Crippen molar-refractivity contribution in [3.63, 3.8) is 0 Å². The highest BCUT2D eigenvalue weighted by Crippen LogP contribution is 2.22. The molecule has 5 nitrogen and oxygen atoms in total. The van der Waals surface area contributed by atoms with E-state index in [-0.39, 0.29) is 18.3 Å². The molecular formula is C19H18FN3O2. The second-order valence-electron chi connectivity index (χ2n) is 5.58. The van der Waals surface area contributed by atoms with E-state index in [4.69, 9.17) is 4.74 Å². The molecule has 0 atom stereocenters. The fourth-order valence-corrected chi connectivity index (χ4v) is 2.50. The van der Waals surface area contributed by atoms with E-state index in [9.17, 15) is 9.18 Å². The van der Waals surface area contributed by atoms with E-state index in [1.165, 1.54) is 16.8 Å². The van der Waals surface area contributed by atoms with Gasteiger partial charge in [-0.3, -0.25) is 9.48 Å². The Morgan fingerprint density at radius 3 is 2.64 bits per heavy atom. The smallest absolute Gasteiger partial charge is 0.269 e. The van der Waals surface area contributed by atoms with Crippen molar-refractivity contribution in [3.05, 3.63) is 71.7 Å². The van der Waals surface area contributed by atoms with Crippen molar-refractivity contribution in [1.29, 1.82) is 0 Å². The van der Waals surface area contributed by atoms with Crippen molar-refractivity contribution in [1.82, 2.24) is 15.1 Å². The highest BCUT2D eigenvalue weighted by atomic mass is 19.1. The number of carbonyl (C=O) groups is 1. The molecule has 0 spiro atoms. The zero-order valence-electron chi connectivity index (χ0n) is 14.0. The second-order valence-corrected chi connectivity index (χ2v) is 5.58. The van der Waals surface area contributed by atoms with Crippen LogP contribution >= 0.6 is 0 Å². The summed E-state index contributed by atoms with van der Waals surface area (Å²) in [6, 6.07) is 15.3. The van der Waals surface area contributed by atoms with Gasteiger partial charge in [0.25, 0.3) is 5.91 Å². The van der Waals surface area contributed by atoms with Gasteiger partial charge in [0.15, 0.2) is 0 Å². The third-order valence-corrected chi connectivity index (χ3v) is 3.84. The number of amides is 1. The molecule has 2 aromatic carbocycles. The predicted molar refractivity (Wildman–Crippen MR) is 92.8 cm³/mol. The summed E-state index contributed by atoms with van der Waals surface area (Å²) in [5.41, 5.74) is 2.72. The minimum absolute atomic E-state index is 0.250. The quantitative estimate of drug-likeness (QED) is 0.777. The van der Waals surface area contributed by atoms with Gasteiger partial charge in [0.05, 0.1) is 12.8 Å². The number of carbonyl (C=O) groups excluding carboxylic acids is 1. The summed E-state index contributed by atoms with van der Waals surface area (Å²) < 4.78 is 19.9. The Labute approximate surface area is 145 Å². The topological polar surface area (TPSA) is 56.1 Å². The Bertz CT molecular complexity index is 888. The van der Waals surface area contributed by atoms with Crippen molar-refractivity contribution in [2.75, 3.05) is 7.11 Å². The van der Waals surface area contributed by atoms with E-state index >= 15 is 0 Å². The van der Waals surface area contributed by atoms with Crippen LogP contribution in [0.3, 0.4) is 0 Å². The van der Waals surface area contributed by atoms with E-state index in [0.717, 1.165) is 11.3 Å². The van der Waals surface area contributed by atoms with Gasteiger partial charge in [-0.25, -0.2) is 4.39 Å². The molecule has 0 fully saturated rings. The van der Waals surface area contributed by atoms with Crippen LogP contribution in [0.5, 0.6) is 5.75 Å². The molecule has 3 aromatic rings. The predicted octanol–water partition coefficient (Wildman–Crippen LogP) is 3.16. The Hall–Kier alpha value is -3.15. The van der Waals surface area contributed by atoms with Crippen LogP contribution < -0.4 is 10.1 Å². The molecule has 0 aliphatic rings. The number of rotatable bonds is 5. The first-order valence-corrected chi connectivity index (χ1v) is 7.78. The van der Waals surface area contributed by atoms with Gasteiger partial charge in [-0.05, 0) is 48.0 Å². The fourth-order valence-electron chi connectivity index (χ4n) is 2.50. The highest BCUT2D eigenvalue weighted by Gasteiger charge is 2.14. The maximum absolute atomic E-state index is 13.2. The lowest BCUT2D eigenvalue weighted by molar-refractivity contribution is 0.0941. The molecule has 0 saturated carbocycles. The number of hydrogen-bond acceptors (Lipinski definition) is 3. The molecule has 128 valence electrons. The van der Waals surface area contributed by atoms with E-state index in [0.29, 0.717) is 17.0 Å². The van der Waals surface area contributed by atoms with Gasteiger partial charge >= 0.3 is 0 Å². The lowest BCUT2D eigenvalue weighted by Gasteiger charge is -2.05. The molecule has 6 heteroatoms. The Morgan fingerprint density at radius 2 is 1.96 bits per heavy atom. The van der Waals surface area contributed by atoms with Crippen molar-refractivity contribution < 1.29 is 13.9 Å². The van der Waals surface area contributed by atoms with Gasteiger partial charge in [0, 0.05) is 19.2 Å². The van der Waals surface area contributed by atoms with Crippen LogP contribution in [0.15, 0.2) is 54.6 Å². The van der Waals surface area contributed by atoms with E-state index in [1.54, 1.807) is 32.4 Å². The van der Waals surface area contributed by atoms with Crippen LogP contribution in [0.4, 0.5) is 4.39 Å². The number of benzene rings is 2. The lowest BCUT2D eigenvalue weighted by atomic mass is 10.1. The molecule has 1 amide bonds. The van der Waals surface area contributed by atoms with Gasteiger partial charge < -0.3 is 10.1 Å². The molecular weight excluding hydrogens is 321 g/mol. The molecule has 1 heterocycles. The van der Waals surface area contributed by atoms with Gasteiger partial charge in [-0.15, -0.1) is 0 Å². The van der Waals surface area contributed by atoms with Gasteiger partial charge in [0.2, 0.25) is 0 Å². The van der Waals surface area contributed by atoms with Crippen molar-refractivity contribution in [2.45, 2.75) is 6.54 Å². The molecule has 0 aliphatic carbocycles. The molecule has 3 rings (SSSR count). The molecule has 0 radical (unpaired) electrons. The number of nitrogens with one attached hydrogen (secondary N) is 1. The number of aromatic nitrogens is 2. The molecule has 1 N–H and O–H groups in total. The number of nitrogens with zero attached hydrogens (tertiary/aromatic N) is 2. The van der Waals surface area contributed by atoms with Crippen molar-refractivity contribution >= 4 is 5.91 Å². The Balaban J connectivity index is 1.73. The number of hydrogen-bond donors (Lipinski definition) is 1. The first kappa shape index (κ1) is 16.7. The molecule has 0 saturated heterocycles. The molecule has 25 heavy (non-hydrogen) atoms. The van der Waals surface area contributed by atoms with E-state index < -0.39 is 0 Å². The zero-order chi connectivity index (χ0) is 17.8. The summed E-state index contributed by atoms with van der Waals surface area (Å²) in [5, 5.41) is 7.16. The van der Waals surface area contributed by atoms with Crippen LogP contribution in [-0.2, 0) is 13.6 Å². The maximum Gasteiger partial charge on any atom is 0.269 e. The average molecular weight is 339 g/mol. The molecule has 0 bridgehead atoms. The largest absolute Gasteiger partial charge is 0.497 e. The normalized spacial score (nSPS) is 10.5. The molecule has 0 unspecified atom stereocenters. The van der Waals surface area contributed by atoms with Crippen LogP contribution in [0.2, 0.25) is 0 Å². The van der Waals surface area contributed by atoms with Gasteiger partial charge in [-0.1, -0.05) is 12.1 Å². The average Bonchev–Trinajstić information content (AvgIpc) is 3.02. The third kappa shape index (κ3) is 3.85.